The number of carbonyl (C=O) groups is 2. The number of ether oxygens (including phenoxy) is 1. The molecular formula is C31H33N3O4. The first-order chi connectivity index (χ1) is 18.5. The van der Waals surface area contributed by atoms with E-state index in [4.69, 9.17) is 4.74 Å². The number of hydrogen-bond donors (Lipinski definition) is 3. The Balaban J connectivity index is 1.58. The van der Waals surface area contributed by atoms with Crippen molar-refractivity contribution in [2.75, 3.05) is 12.0 Å². The van der Waals surface area contributed by atoms with E-state index in [-0.39, 0.29) is 30.0 Å². The van der Waals surface area contributed by atoms with Gasteiger partial charge in [-0.25, -0.2) is 0 Å². The zero-order chi connectivity index (χ0) is 26.5. The van der Waals surface area contributed by atoms with Crippen molar-refractivity contribution in [3.8, 4) is 11.5 Å². The Kier molecular flexibility index (Phi) is 7.63. The molecule has 0 unspecified atom stereocenters. The number of anilines is 1. The van der Waals surface area contributed by atoms with Crippen LogP contribution >= 0.6 is 0 Å². The Morgan fingerprint density at radius 3 is 2.47 bits per heavy atom. The summed E-state index contributed by atoms with van der Waals surface area (Å²) < 4.78 is 5.65. The van der Waals surface area contributed by atoms with Crippen molar-refractivity contribution >= 4 is 28.4 Å². The smallest absolute Gasteiger partial charge is 0.248 e. The van der Waals surface area contributed by atoms with Gasteiger partial charge in [-0.2, -0.15) is 0 Å². The Labute approximate surface area is 222 Å². The van der Waals surface area contributed by atoms with Crippen LogP contribution in [0.4, 0.5) is 5.69 Å². The van der Waals surface area contributed by atoms with Crippen molar-refractivity contribution in [3.05, 3.63) is 90.1 Å². The fourth-order valence-corrected chi connectivity index (χ4v) is 5.37. The average molecular weight is 512 g/mol. The molecule has 7 nitrogen and oxygen atoms in total. The number of hydrogen-bond acceptors (Lipinski definition) is 4. The number of para-hydroxylation sites is 3. The Hall–Kier alpha value is -4.26. The molecule has 4 aromatic rings. The minimum atomic E-state index is -0.952. The third-order valence-corrected chi connectivity index (χ3v) is 7.30. The van der Waals surface area contributed by atoms with Gasteiger partial charge in [0.1, 0.15) is 17.5 Å². The number of nitrogens with one attached hydrogen (secondary N) is 2. The molecule has 1 fully saturated rings. The lowest BCUT2D eigenvalue weighted by molar-refractivity contribution is -0.127. The van der Waals surface area contributed by atoms with Gasteiger partial charge >= 0.3 is 0 Å². The Bertz CT molecular complexity index is 1410. The van der Waals surface area contributed by atoms with Crippen LogP contribution < -0.4 is 15.0 Å². The number of rotatable bonds is 8. The first-order valence-electron chi connectivity index (χ1n) is 13.1. The number of aromatic hydroxyl groups is 1. The summed E-state index contributed by atoms with van der Waals surface area (Å²) in [5, 5.41) is 14.1. The second-order valence-electron chi connectivity index (χ2n) is 9.81. The summed E-state index contributed by atoms with van der Waals surface area (Å²) in [5.74, 6) is 0.0973. The van der Waals surface area contributed by atoms with Gasteiger partial charge < -0.3 is 20.1 Å². The van der Waals surface area contributed by atoms with E-state index >= 15 is 0 Å². The van der Waals surface area contributed by atoms with Gasteiger partial charge in [-0.05, 0) is 54.3 Å². The fraction of sp³-hybridized carbons (Fsp3) is 0.290. The maximum atomic E-state index is 14.2. The fourth-order valence-electron chi connectivity index (χ4n) is 5.37. The predicted octanol–water partition coefficient (Wildman–Crippen LogP) is 5.65. The van der Waals surface area contributed by atoms with Crippen molar-refractivity contribution in [1.29, 1.82) is 0 Å². The lowest BCUT2D eigenvalue weighted by Gasteiger charge is -2.34. The number of fused-ring (bicyclic) bond motifs is 1. The standard InChI is InChI=1S/C31H33N3O4/c1-38-28-14-8-7-13-27(28)34(29(36)19-22-20-32-26-12-6-5-11-25(22)26)30(21-15-17-24(35)18-16-21)31(37)33-23-9-3-2-4-10-23/h5-8,11-18,20,23,30,32,35H,2-4,9-10,19H2,1H3,(H,33,37)/t30-/m1/s1. The van der Waals surface area contributed by atoms with Gasteiger partial charge in [-0.3, -0.25) is 14.5 Å². The number of carbonyl (C=O) groups excluding carboxylic acids is 2. The van der Waals surface area contributed by atoms with Crippen molar-refractivity contribution in [1.82, 2.24) is 10.3 Å². The largest absolute Gasteiger partial charge is 0.508 e. The van der Waals surface area contributed by atoms with Crippen LogP contribution in [-0.4, -0.2) is 35.1 Å². The minimum Gasteiger partial charge on any atom is -0.508 e. The molecule has 7 heteroatoms. The zero-order valence-corrected chi connectivity index (χ0v) is 21.5. The maximum Gasteiger partial charge on any atom is 0.248 e. The second kappa shape index (κ2) is 11.4. The van der Waals surface area contributed by atoms with E-state index in [2.05, 4.69) is 10.3 Å². The normalized spacial score (nSPS) is 14.7. The van der Waals surface area contributed by atoms with Gasteiger partial charge in [0, 0.05) is 23.1 Å². The highest BCUT2D eigenvalue weighted by molar-refractivity contribution is 6.04. The molecule has 1 atom stereocenters. The Morgan fingerprint density at radius 1 is 1.00 bits per heavy atom. The maximum absolute atomic E-state index is 14.2. The number of phenolic OH excluding ortho intramolecular Hbond substituents is 1. The van der Waals surface area contributed by atoms with Crippen molar-refractivity contribution in [3.63, 3.8) is 0 Å². The molecule has 1 heterocycles. The summed E-state index contributed by atoms with van der Waals surface area (Å²) >= 11 is 0. The highest BCUT2D eigenvalue weighted by Crippen LogP contribution is 2.36. The number of phenols is 1. The lowest BCUT2D eigenvalue weighted by atomic mass is 9.94. The van der Waals surface area contributed by atoms with Gasteiger partial charge in [-0.1, -0.05) is 61.7 Å². The Morgan fingerprint density at radius 2 is 1.71 bits per heavy atom. The molecule has 1 aromatic heterocycles. The van der Waals surface area contributed by atoms with Gasteiger partial charge in [0.25, 0.3) is 0 Å². The van der Waals surface area contributed by atoms with E-state index in [9.17, 15) is 14.7 Å². The molecular weight excluding hydrogens is 478 g/mol. The average Bonchev–Trinajstić information content (AvgIpc) is 3.35. The van der Waals surface area contributed by atoms with Crippen LogP contribution in [-0.2, 0) is 16.0 Å². The summed E-state index contributed by atoms with van der Waals surface area (Å²) in [6.07, 6.45) is 7.10. The number of aromatic nitrogens is 1. The predicted molar refractivity (Wildman–Crippen MR) is 148 cm³/mol. The minimum absolute atomic E-state index is 0.0686. The van der Waals surface area contributed by atoms with Gasteiger partial charge in [0.15, 0.2) is 0 Å². The molecule has 196 valence electrons. The molecule has 0 aliphatic heterocycles. The summed E-state index contributed by atoms with van der Waals surface area (Å²) in [4.78, 5) is 33.0. The molecule has 3 N–H and O–H groups in total. The molecule has 0 radical (unpaired) electrons. The van der Waals surface area contributed by atoms with E-state index in [1.165, 1.54) is 6.42 Å². The number of nitrogens with zero attached hydrogens (tertiary/aromatic N) is 1. The van der Waals surface area contributed by atoms with Crippen LogP contribution in [0.2, 0.25) is 0 Å². The number of H-pyrrole nitrogens is 1. The number of methoxy groups -OCH3 is 1. The quantitative estimate of drug-likeness (QED) is 0.285. The molecule has 5 rings (SSSR count). The highest BCUT2D eigenvalue weighted by Gasteiger charge is 2.35. The zero-order valence-electron chi connectivity index (χ0n) is 21.5. The molecule has 0 saturated heterocycles. The third-order valence-electron chi connectivity index (χ3n) is 7.30. The van der Waals surface area contributed by atoms with Crippen molar-refractivity contribution in [2.45, 2.75) is 50.6 Å². The van der Waals surface area contributed by atoms with Gasteiger partial charge in [0.05, 0.1) is 19.2 Å². The molecule has 0 bridgehead atoms. The van der Waals surface area contributed by atoms with Crippen LogP contribution in [0.1, 0.15) is 49.3 Å². The van der Waals surface area contributed by atoms with Gasteiger partial charge in [0.2, 0.25) is 11.8 Å². The molecule has 0 spiro atoms. The molecule has 2 amide bonds. The number of aromatic amines is 1. The molecule has 1 saturated carbocycles. The number of benzene rings is 3. The summed E-state index contributed by atoms with van der Waals surface area (Å²) in [6.45, 7) is 0. The topological polar surface area (TPSA) is 94.7 Å². The second-order valence-corrected chi connectivity index (χ2v) is 9.81. The van der Waals surface area contributed by atoms with Crippen LogP contribution in [0.15, 0.2) is 79.0 Å². The van der Waals surface area contributed by atoms with Crippen LogP contribution in [0, 0.1) is 0 Å². The number of amides is 2. The van der Waals surface area contributed by atoms with E-state index in [0.717, 1.165) is 42.1 Å². The summed E-state index contributed by atoms with van der Waals surface area (Å²) in [5.41, 5.74) is 2.91. The van der Waals surface area contributed by atoms with Crippen LogP contribution in [0.3, 0.4) is 0 Å². The highest BCUT2D eigenvalue weighted by atomic mass is 16.5. The summed E-state index contributed by atoms with van der Waals surface area (Å²) in [7, 11) is 1.55. The third kappa shape index (κ3) is 5.37. The van der Waals surface area contributed by atoms with E-state index in [1.807, 2.05) is 42.6 Å². The monoisotopic (exact) mass is 511 g/mol. The van der Waals surface area contributed by atoms with Gasteiger partial charge in [-0.15, -0.1) is 0 Å². The molecule has 38 heavy (non-hydrogen) atoms. The molecule has 1 aliphatic carbocycles. The van der Waals surface area contributed by atoms with E-state index in [0.29, 0.717) is 17.0 Å². The van der Waals surface area contributed by atoms with Crippen LogP contribution in [0.25, 0.3) is 10.9 Å². The molecule has 1 aliphatic rings. The van der Waals surface area contributed by atoms with Crippen molar-refractivity contribution in [2.24, 2.45) is 0 Å². The SMILES string of the molecule is COc1ccccc1N(C(=O)Cc1c[nH]c2ccccc12)[C@@H](C(=O)NC1CCCCC1)c1ccc(O)cc1. The first-order valence-corrected chi connectivity index (χ1v) is 13.1. The van der Waals surface area contributed by atoms with E-state index in [1.54, 1.807) is 48.4 Å². The van der Waals surface area contributed by atoms with Crippen LogP contribution in [0.5, 0.6) is 11.5 Å². The first kappa shape index (κ1) is 25.4. The lowest BCUT2D eigenvalue weighted by Crippen LogP contribution is -2.47. The van der Waals surface area contributed by atoms with Crippen molar-refractivity contribution < 1.29 is 19.4 Å². The van der Waals surface area contributed by atoms with E-state index < -0.39 is 6.04 Å². The molecule has 3 aromatic carbocycles. The summed E-state index contributed by atoms with van der Waals surface area (Å²) in [6, 6.07) is 20.7.